The lowest BCUT2D eigenvalue weighted by Gasteiger charge is -2.20. The number of carbonyl (C=O) groups excluding carboxylic acids is 1. The van der Waals surface area contributed by atoms with E-state index in [1.807, 2.05) is 0 Å². The number of carbonyl (C=O) groups is 1. The van der Waals surface area contributed by atoms with Gasteiger partial charge in [0.15, 0.2) is 5.96 Å². The van der Waals surface area contributed by atoms with Crippen LogP contribution in [-0.4, -0.2) is 65.7 Å². The highest BCUT2D eigenvalue weighted by Gasteiger charge is 2.22. The molecule has 1 amide bonds. The van der Waals surface area contributed by atoms with Crippen LogP contribution in [-0.2, 0) is 0 Å². The van der Waals surface area contributed by atoms with E-state index in [1.54, 1.807) is 12.3 Å². The molecule has 2 heterocycles. The number of aliphatic imine (C=N–C) groups is 1. The third-order valence-electron chi connectivity index (χ3n) is 3.84. The number of hydrogen-bond donors (Lipinski definition) is 4. The van der Waals surface area contributed by atoms with E-state index in [1.165, 1.54) is 12.8 Å². The Hall–Kier alpha value is -2.09. The quantitative estimate of drug-likeness (QED) is 0.309. The zero-order chi connectivity index (χ0) is 15.8. The molecule has 1 fully saturated rings. The lowest BCUT2D eigenvalue weighted by Crippen LogP contribution is -2.39. The lowest BCUT2D eigenvalue weighted by atomic mass is 10.2. The van der Waals surface area contributed by atoms with E-state index in [0.29, 0.717) is 30.8 Å². The smallest absolute Gasteiger partial charge is 0.269 e. The average molecular weight is 307 g/mol. The second-order valence-corrected chi connectivity index (χ2v) is 5.30. The molecule has 0 bridgehead atoms. The molecule has 1 aromatic heterocycles. The number of nitrogens with zero attached hydrogens (tertiary/aromatic N) is 3. The minimum atomic E-state index is -0.181. The fraction of sp³-hybridized carbons (Fsp3) is 0.643. The highest BCUT2D eigenvalue weighted by atomic mass is 16.1. The van der Waals surface area contributed by atoms with Crippen LogP contribution in [0.3, 0.4) is 0 Å². The third-order valence-corrected chi connectivity index (χ3v) is 3.84. The molecule has 8 heteroatoms. The van der Waals surface area contributed by atoms with Gasteiger partial charge in [0.1, 0.15) is 5.69 Å². The highest BCUT2D eigenvalue weighted by Crippen LogP contribution is 2.16. The Balaban J connectivity index is 1.62. The van der Waals surface area contributed by atoms with Gasteiger partial charge in [-0.1, -0.05) is 6.92 Å². The Morgan fingerprint density at radius 1 is 1.55 bits per heavy atom. The molecule has 0 aromatic carbocycles. The zero-order valence-electron chi connectivity index (χ0n) is 13.0. The van der Waals surface area contributed by atoms with Crippen LogP contribution in [0.1, 0.15) is 30.3 Å². The molecule has 5 N–H and O–H groups in total. The standard InChI is InChI=1S/C14H25N7O/c1-2-21-9-3-4-11(21)10-18-14(15)17-8-7-16-13(22)12-5-6-19-20-12/h5-6,11H,2-4,7-10H2,1H3,(H,16,22)(H,19,20)(H3,15,17,18). The Morgan fingerprint density at radius 2 is 2.36 bits per heavy atom. The van der Waals surface area contributed by atoms with Crippen LogP contribution in [0.15, 0.2) is 17.3 Å². The average Bonchev–Trinajstić information content (AvgIpc) is 3.19. The Bertz CT molecular complexity index is 485. The number of nitrogens with two attached hydrogens (primary N) is 1. The van der Waals surface area contributed by atoms with E-state index in [2.05, 4.69) is 37.6 Å². The second kappa shape index (κ2) is 8.38. The first-order chi connectivity index (χ1) is 10.7. The van der Waals surface area contributed by atoms with Gasteiger partial charge in [0, 0.05) is 25.3 Å². The number of likely N-dealkylation sites (N-methyl/N-ethyl adjacent to an activating group) is 1. The van der Waals surface area contributed by atoms with Crippen LogP contribution in [0.4, 0.5) is 0 Å². The Morgan fingerprint density at radius 3 is 3.09 bits per heavy atom. The van der Waals surface area contributed by atoms with Crippen LogP contribution in [0, 0.1) is 0 Å². The summed E-state index contributed by atoms with van der Waals surface area (Å²) in [4.78, 5) is 18.5. The molecule has 22 heavy (non-hydrogen) atoms. The summed E-state index contributed by atoms with van der Waals surface area (Å²) in [6.45, 7) is 6.13. The fourth-order valence-corrected chi connectivity index (χ4v) is 2.62. The van der Waals surface area contributed by atoms with Gasteiger partial charge in [-0.15, -0.1) is 0 Å². The first-order valence-electron chi connectivity index (χ1n) is 7.76. The molecule has 1 unspecified atom stereocenters. The van der Waals surface area contributed by atoms with E-state index in [-0.39, 0.29) is 5.91 Å². The van der Waals surface area contributed by atoms with Crippen molar-refractivity contribution in [2.45, 2.75) is 25.8 Å². The molecule has 0 aliphatic carbocycles. The largest absolute Gasteiger partial charge is 0.370 e. The minimum Gasteiger partial charge on any atom is -0.370 e. The third kappa shape index (κ3) is 4.73. The number of guanidine groups is 1. The molecular formula is C14H25N7O. The van der Waals surface area contributed by atoms with Gasteiger partial charge in [0.2, 0.25) is 0 Å². The van der Waals surface area contributed by atoms with Gasteiger partial charge in [0.25, 0.3) is 5.91 Å². The summed E-state index contributed by atoms with van der Waals surface area (Å²) in [5, 5.41) is 12.1. The van der Waals surface area contributed by atoms with Crippen molar-refractivity contribution in [1.29, 1.82) is 0 Å². The first-order valence-corrected chi connectivity index (χ1v) is 7.76. The Labute approximate surface area is 130 Å². The molecule has 1 aromatic rings. The molecule has 1 atom stereocenters. The number of nitrogens with one attached hydrogen (secondary N) is 3. The minimum absolute atomic E-state index is 0.181. The number of likely N-dealkylation sites (tertiary alicyclic amines) is 1. The molecule has 0 spiro atoms. The van der Waals surface area contributed by atoms with E-state index in [4.69, 9.17) is 5.73 Å². The summed E-state index contributed by atoms with van der Waals surface area (Å²) in [5.74, 6) is 0.248. The van der Waals surface area contributed by atoms with Crippen LogP contribution in [0.5, 0.6) is 0 Å². The normalized spacial score (nSPS) is 19.3. The van der Waals surface area contributed by atoms with Crippen molar-refractivity contribution < 1.29 is 4.79 Å². The van der Waals surface area contributed by atoms with Crippen molar-refractivity contribution in [2.24, 2.45) is 10.7 Å². The van der Waals surface area contributed by atoms with Crippen molar-refractivity contribution in [1.82, 2.24) is 25.7 Å². The second-order valence-electron chi connectivity index (χ2n) is 5.30. The zero-order valence-corrected chi connectivity index (χ0v) is 13.0. The monoisotopic (exact) mass is 307 g/mol. The van der Waals surface area contributed by atoms with E-state index >= 15 is 0 Å². The van der Waals surface area contributed by atoms with Crippen molar-refractivity contribution in [3.63, 3.8) is 0 Å². The molecule has 0 saturated carbocycles. The Kier molecular flexibility index (Phi) is 6.20. The highest BCUT2D eigenvalue weighted by molar-refractivity contribution is 5.92. The fourth-order valence-electron chi connectivity index (χ4n) is 2.62. The predicted molar refractivity (Wildman–Crippen MR) is 85.7 cm³/mol. The number of H-pyrrole nitrogens is 1. The number of rotatable bonds is 7. The number of aromatic amines is 1. The van der Waals surface area contributed by atoms with Crippen LogP contribution >= 0.6 is 0 Å². The van der Waals surface area contributed by atoms with Gasteiger partial charge < -0.3 is 16.4 Å². The van der Waals surface area contributed by atoms with Gasteiger partial charge >= 0.3 is 0 Å². The van der Waals surface area contributed by atoms with Gasteiger partial charge in [-0.25, -0.2) is 0 Å². The van der Waals surface area contributed by atoms with Crippen LogP contribution in [0.2, 0.25) is 0 Å². The topological polar surface area (TPSA) is 111 Å². The lowest BCUT2D eigenvalue weighted by molar-refractivity contribution is 0.0949. The number of aromatic nitrogens is 2. The van der Waals surface area contributed by atoms with Gasteiger partial charge in [0.05, 0.1) is 6.54 Å². The summed E-state index contributed by atoms with van der Waals surface area (Å²) < 4.78 is 0. The summed E-state index contributed by atoms with van der Waals surface area (Å²) in [5.41, 5.74) is 6.29. The van der Waals surface area contributed by atoms with E-state index < -0.39 is 0 Å². The summed E-state index contributed by atoms with van der Waals surface area (Å²) in [6.07, 6.45) is 3.96. The summed E-state index contributed by atoms with van der Waals surface area (Å²) in [6, 6.07) is 2.13. The van der Waals surface area contributed by atoms with E-state index in [9.17, 15) is 4.79 Å². The maximum atomic E-state index is 11.6. The number of hydrogen-bond acceptors (Lipinski definition) is 4. The molecule has 2 rings (SSSR count). The van der Waals surface area contributed by atoms with Crippen molar-refractivity contribution in [3.05, 3.63) is 18.0 Å². The van der Waals surface area contributed by atoms with Crippen molar-refractivity contribution in [2.75, 3.05) is 32.7 Å². The van der Waals surface area contributed by atoms with Crippen LogP contribution in [0.25, 0.3) is 0 Å². The van der Waals surface area contributed by atoms with Gasteiger partial charge in [-0.05, 0) is 32.0 Å². The molecule has 8 nitrogen and oxygen atoms in total. The van der Waals surface area contributed by atoms with E-state index in [0.717, 1.165) is 19.6 Å². The SMILES string of the molecule is CCN1CCCC1CN=C(N)NCCNC(=O)c1ccn[nH]1. The molecular weight excluding hydrogens is 282 g/mol. The summed E-state index contributed by atoms with van der Waals surface area (Å²) >= 11 is 0. The van der Waals surface area contributed by atoms with Gasteiger partial charge in [-0.2, -0.15) is 5.10 Å². The number of amides is 1. The van der Waals surface area contributed by atoms with Gasteiger partial charge in [-0.3, -0.25) is 19.8 Å². The predicted octanol–water partition coefficient (Wildman–Crippen LogP) is -0.472. The maximum Gasteiger partial charge on any atom is 0.269 e. The molecule has 122 valence electrons. The van der Waals surface area contributed by atoms with Crippen LogP contribution < -0.4 is 16.4 Å². The van der Waals surface area contributed by atoms with Crippen molar-refractivity contribution >= 4 is 11.9 Å². The summed E-state index contributed by atoms with van der Waals surface area (Å²) in [7, 11) is 0. The molecule has 1 saturated heterocycles. The maximum absolute atomic E-state index is 11.6. The first kappa shape index (κ1) is 16.3. The van der Waals surface area contributed by atoms with Crippen molar-refractivity contribution in [3.8, 4) is 0 Å². The molecule has 1 aliphatic rings. The molecule has 1 aliphatic heterocycles. The molecule has 0 radical (unpaired) electrons.